The van der Waals surface area contributed by atoms with Crippen molar-refractivity contribution in [3.8, 4) is 0 Å². The monoisotopic (exact) mass is 301 g/mol. The summed E-state index contributed by atoms with van der Waals surface area (Å²) in [6.07, 6.45) is 2.84. The molecule has 0 rings (SSSR count). The van der Waals surface area contributed by atoms with Gasteiger partial charge in [-0.2, -0.15) is 0 Å². The van der Waals surface area contributed by atoms with Gasteiger partial charge in [0, 0.05) is 28.2 Å². The molecule has 0 aliphatic carbocycles. The molecule has 1 nitrogen and oxygen atoms in total. The third-order valence-corrected chi connectivity index (χ3v) is 1.10. The number of hydrogen-bond donors (Lipinski definition) is 0. The minimum atomic E-state index is 0. The van der Waals surface area contributed by atoms with Crippen molar-refractivity contribution in [3.05, 3.63) is 7.43 Å². The van der Waals surface area contributed by atoms with Crippen molar-refractivity contribution in [1.82, 2.24) is 0 Å². The standard InChI is InChI=1S/C6H14O.CH3.W/c1-4-5-6(2)7-3;;/h6H,4-5H2,1-3H3;1H3;/q;-1;. The summed E-state index contributed by atoms with van der Waals surface area (Å²) in [5.74, 6) is 0. The van der Waals surface area contributed by atoms with E-state index in [2.05, 4.69) is 13.8 Å². The van der Waals surface area contributed by atoms with Gasteiger partial charge in [0.05, 0.1) is 6.10 Å². The maximum absolute atomic E-state index is 4.99. The predicted molar refractivity (Wildman–Crippen MR) is 37.8 cm³/mol. The van der Waals surface area contributed by atoms with E-state index in [0.717, 1.165) is 0 Å². The van der Waals surface area contributed by atoms with Crippen LogP contribution in [0, 0.1) is 7.43 Å². The molecule has 0 aromatic rings. The van der Waals surface area contributed by atoms with Gasteiger partial charge in [-0.15, -0.1) is 0 Å². The predicted octanol–water partition coefficient (Wildman–Crippen LogP) is 2.27. The first-order chi connectivity index (χ1) is 3.31. The summed E-state index contributed by atoms with van der Waals surface area (Å²) in [6, 6.07) is 0. The third-order valence-electron chi connectivity index (χ3n) is 1.10. The van der Waals surface area contributed by atoms with Gasteiger partial charge in [0.1, 0.15) is 0 Å². The minimum absolute atomic E-state index is 0. The van der Waals surface area contributed by atoms with Crippen molar-refractivity contribution in [1.29, 1.82) is 0 Å². The fourth-order valence-corrected chi connectivity index (χ4v) is 0.524. The smallest absolute Gasteiger partial charge is 0.0543 e. The average Bonchev–Trinajstić information content (AvgIpc) is 1.68. The zero-order valence-electron chi connectivity index (χ0n) is 6.81. The number of hydrogen-bond acceptors (Lipinski definition) is 1. The van der Waals surface area contributed by atoms with E-state index in [4.69, 9.17) is 4.74 Å². The van der Waals surface area contributed by atoms with Gasteiger partial charge in [-0.3, -0.25) is 0 Å². The van der Waals surface area contributed by atoms with Crippen LogP contribution in [0.25, 0.3) is 0 Å². The normalized spacial score (nSPS) is 11.0. The molecular formula is C7H17OW-. The van der Waals surface area contributed by atoms with E-state index >= 15 is 0 Å². The molecule has 0 aromatic heterocycles. The molecule has 0 spiro atoms. The van der Waals surface area contributed by atoms with E-state index in [9.17, 15) is 0 Å². The molecule has 0 heterocycles. The Balaban J connectivity index is -0.000000180. The van der Waals surface area contributed by atoms with Gasteiger partial charge in [0.2, 0.25) is 0 Å². The SMILES string of the molecule is CCCC(C)OC.[CH3-].[W]. The Labute approximate surface area is 73.4 Å². The largest absolute Gasteiger partial charge is 0.382 e. The molecule has 1 unspecified atom stereocenters. The second-order valence-electron chi connectivity index (χ2n) is 1.83. The molecule has 2 heteroatoms. The zero-order valence-corrected chi connectivity index (χ0v) is 9.74. The Bertz CT molecular complexity index is 39.9. The van der Waals surface area contributed by atoms with Gasteiger partial charge in [-0.05, 0) is 13.3 Å². The minimum Gasteiger partial charge on any atom is -0.382 e. The van der Waals surface area contributed by atoms with Gasteiger partial charge >= 0.3 is 0 Å². The van der Waals surface area contributed by atoms with Gasteiger partial charge in [-0.1, -0.05) is 13.3 Å². The van der Waals surface area contributed by atoms with Crippen molar-refractivity contribution in [2.45, 2.75) is 32.8 Å². The van der Waals surface area contributed by atoms with Gasteiger partial charge in [0.15, 0.2) is 0 Å². The molecule has 0 N–H and O–H groups in total. The Morgan fingerprint density at radius 1 is 1.44 bits per heavy atom. The molecular weight excluding hydrogens is 284 g/mol. The maximum atomic E-state index is 4.99. The molecule has 0 amide bonds. The number of ether oxygens (including phenoxy) is 1. The second-order valence-corrected chi connectivity index (χ2v) is 1.83. The molecule has 58 valence electrons. The first-order valence-electron chi connectivity index (χ1n) is 2.84. The van der Waals surface area contributed by atoms with E-state index in [-0.39, 0.29) is 28.5 Å². The van der Waals surface area contributed by atoms with Crippen LogP contribution in [0.2, 0.25) is 0 Å². The summed E-state index contributed by atoms with van der Waals surface area (Å²) in [7, 11) is 1.75. The van der Waals surface area contributed by atoms with Crippen LogP contribution < -0.4 is 0 Å². The third kappa shape index (κ3) is 12.0. The van der Waals surface area contributed by atoms with Crippen molar-refractivity contribution >= 4 is 0 Å². The van der Waals surface area contributed by atoms with E-state index in [0.29, 0.717) is 6.10 Å². The van der Waals surface area contributed by atoms with Crippen LogP contribution in [0.4, 0.5) is 0 Å². The summed E-state index contributed by atoms with van der Waals surface area (Å²) >= 11 is 0. The van der Waals surface area contributed by atoms with Crippen LogP contribution in [-0.2, 0) is 25.8 Å². The van der Waals surface area contributed by atoms with Crippen LogP contribution in [0.3, 0.4) is 0 Å². The van der Waals surface area contributed by atoms with Crippen molar-refractivity contribution in [3.63, 3.8) is 0 Å². The first kappa shape index (κ1) is 16.3. The summed E-state index contributed by atoms with van der Waals surface area (Å²) in [4.78, 5) is 0. The van der Waals surface area contributed by atoms with Crippen molar-refractivity contribution in [2.24, 2.45) is 0 Å². The van der Waals surface area contributed by atoms with Crippen LogP contribution in [0.5, 0.6) is 0 Å². The fourth-order valence-electron chi connectivity index (χ4n) is 0.524. The number of methoxy groups -OCH3 is 1. The van der Waals surface area contributed by atoms with Crippen LogP contribution in [0.1, 0.15) is 26.7 Å². The molecule has 0 saturated heterocycles. The van der Waals surface area contributed by atoms with E-state index < -0.39 is 0 Å². The summed E-state index contributed by atoms with van der Waals surface area (Å²) in [6.45, 7) is 4.25. The summed E-state index contributed by atoms with van der Waals surface area (Å²) in [5.41, 5.74) is 0. The van der Waals surface area contributed by atoms with E-state index in [1.165, 1.54) is 12.8 Å². The topological polar surface area (TPSA) is 9.23 Å². The van der Waals surface area contributed by atoms with Gasteiger partial charge in [0.25, 0.3) is 0 Å². The van der Waals surface area contributed by atoms with E-state index in [1.807, 2.05) is 0 Å². The molecule has 0 fully saturated rings. The maximum Gasteiger partial charge on any atom is 0.0543 e. The van der Waals surface area contributed by atoms with Crippen molar-refractivity contribution in [2.75, 3.05) is 7.11 Å². The Morgan fingerprint density at radius 2 is 1.89 bits per heavy atom. The first-order valence-corrected chi connectivity index (χ1v) is 2.84. The van der Waals surface area contributed by atoms with Crippen LogP contribution >= 0.6 is 0 Å². The summed E-state index contributed by atoms with van der Waals surface area (Å²) in [5, 5.41) is 0. The second kappa shape index (κ2) is 11.4. The molecule has 0 aromatic carbocycles. The summed E-state index contributed by atoms with van der Waals surface area (Å²) < 4.78 is 4.99. The van der Waals surface area contributed by atoms with E-state index in [1.54, 1.807) is 7.11 Å². The zero-order chi connectivity index (χ0) is 5.70. The number of rotatable bonds is 3. The van der Waals surface area contributed by atoms with Crippen LogP contribution in [-0.4, -0.2) is 13.2 Å². The molecule has 0 aliphatic heterocycles. The Kier molecular flexibility index (Phi) is 20.8. The van der Waals surface area contributed by atoms with Crippen molar-refractivity contribution < 1.29 is 25.8 Å². The molecule has 0 bridgehead atoms. The molecule has 0 radical (unpaired) electrons. The van der Waals surface area contributed by atoms with Gasteiger partial charge < -0.3 is 12.2 Å². The molecule has 0 aliphatic rings. The average molecular weight is 301 g/mol. The van der Waals surface area contributed by atoms with Gasteiger partial charge in [-0.25, -0.2) is 0 Å². The fraction of sp³-hybridized carbons (Fsp3) is 0.857. The quantitative estimate of drug-likeness (QED) is 0.727. The Morgan fingerprint density at radius 3 is 2.00 bits per heavy atom. The van der Waals surface area contributed by atoms with Crippen LogP contribution in [0.15, 0.2) is 0 Å². The Hall–Kier alpha value is 0.648. The molecule has 0 saturated carbocycles. The molecule has 1 atom stereocenters. The molecule has 9 heavy (non-hydrogen) atoms.